The Kier molecular flexibility index (Phi) is 5.30. The van der Waals surface area contributed by atoms with Gasteiger partial charge in [0, 0.05) is 11.6 Å². The molecule has 0 saturated carbocycles. The summed E-state index contributed by atoms with van der Waals surface area (Å²) in [5.41, 5.74) is 1.11. The van der Waals surface area contributed by atoms with Crippen molar-refractivity contribution >= 4 is 23.2 Å². The van der Waals surface area contributed by atoms with Crippen LogP contribution in [-0.4, -0.2) is 7.05 Å². The van der Waals surface area contributed by atoms with Gasteiger partial charge in [-0.25, -0.2) is 0 Å². The molecular formula is C16H17Cl2NO. The molecule has 0 aliphatic heterocycles. The van der Waals surface area contributed by atoms with Crippen molar-refractivity contribution in [3.63, 3.8) is 0 Å². The molecule has 0 amide bonds. The number of nitrogens with one attached hydrogen (secondary N) is 1. The highest BCUT2D eigenvalue weighted by atomic mass is 35.5. The summed E-state index contributed by atoms with van der Waals surface area (Å²) in [7, 11) is 1.94. The second kappa shape index (κ2) is 6.98. The average Bonchev–Trinajstić information content (AvgIpc) is 2.47. The van der Waals surface area contributed by atoms with Crippen LogP contribution in [0.5, 0.6) is 11.5 Å². The quantitative estimate of drug-likeness (QED) is 0.792. The van der Waals surface area contributed by atoms with Crippen molar-refractivity contribution in [1.29, 1.82) is 0 Å². The van der Waals surface area contributed by atoms with Crippen LogP contribution in [0.4, 0.5) is 0 Å². The van der Waals surface area contributed by atoms with E-state index in [1.54, 1.807) is 6.07 Å². The number of hydrogen-bond acceptors (Lipinski definition) is 2. The number of benzene rings is 2. The maximum atomic E-state index is 6.17. The minimum Gasteiger partial charge on any atom is -0.455 e. The molecule has 0 bridgehead atoms. The Labute approximate surface area is 129 Å². The van der Waals surface area contributed by atoms with Crippen LogP contribution in [0.2, 0.25) is 10.0 Å². The van der Waals surface area contributed by atoms with Gasteiger partial charge in [-0.05, 0) is 31.7 Å². The lowest BCUT2D eigenvalue weighted by atomic mass is 10.0. The molecule has 1 unspecified atom stereocenters. The molecule has 2 aromatic rings. The fourth-order valence-electron chi connectivity index (χ4n) is 2.12. The topological polar surface area (TPSA) is 21.3 Å². The molecule has 20 heavy (non-hydrogen) atoms. The van der Waals surface area contributed by atoms with Gasteiger partial charge in [0.05, 0.1) is 5.02 Å². The van der Waals surface area contributed by atoms with E-state index < -0.39 is 0 Å². The van der Waals surface area contributed by atoms with Gasteiger partial charge in [0.1, 0.15) is 16.5 Å². The van der Waals surface area contributed by atoms with Gasteiger partial charge in [-0.15, -0.1) is 0 Å². The smallest absolute Gasteiger partial charge is 0.147 e. The third kappa shape index (κ3) is 3.26. The monoisotopic (exact) mass is 309 g/mol. The summed E-state index contributed by atoms with van der Waals surface area (Å²) < 4.78 is 5.95. The summed E-state index contributed by atoms with van der Waals surface area (Å²) in [6.07, 6.45) is 0.972. The number of halogens is 2. The fraction of sp³-hybridized carbons (Fsp3) is 0.250. The van der Waals surface area contributed by atoms with Crippen molar-refractivity contribution in [3.05, 3.63) is 58.1 Å². The van der Waals surface area contributed by atoms with Crippen molar-refractivity contribution in [2.45, 2.75) is 19.4 Å². The van der Waals surface area contributed by atoms with Crippen molar-refractivity contribution in [2.75, 3.05) is 7.05 Å². The Morgan fingerprint density at radius 1 is 1.05 bits per heavy atom. The second-order valence-electron chi connectivity index (χ2n) is 4.44. The Morgan fingerprint density at radius 3 is 2.45 bits per heavy atom. The van der Waals surface area contributed by atoms with Gasteiger partial charge >= 0.3 is 0 Å². The zero-order valence-corrected chi connectivity index (χ0v) is 13.0. The van der Waals surface area contributed by atoms with E-state index in [9.17, 15) is 0 Å². The minimum atomic E-state index is 0.240. The first-order valence-electron chi connectivity index (χ1n) is 6.55. The summed E-state index contributed by atoms with van der Waals surface area (Å²) in [4.78, 5) is 0. The van der Waals surface area contributed by atoms with E-state index in [0.717, 1.165) is 17.7 Å². The number of para-hydroxylation sites is 1. The van der Waals surface area contributed by atoms with Gasteiger partial charge in [-0.1, -0.05) is 54.4 Å². The predicted octanol–water partition coefficient (Wildman–Crippen LogP) is 5.46. The van der Waals surface area contributed by atoms with E-state index >= 15 is 0 Å². The van der Waals surface area contributed by atoms with E-state index in [1.807, 2.05) is 37.4 Å². The normalized spacial score (nSPS) is 12.2. The molecule has 0 spiro atoms. The van der Waals surface area contributed by atoms with Crippen LogP contribution in [0.15, 0.2) is 42.5 Å². The SMILES string of the molecule is CCC(NC)c1ccccc1Oc1cccc(Cl)c1Cl. The first-order chi connectivity index (χ1) is 9.67. The predicted molar refractivity (Wildman–Crippen MR) is 85.1 cm³/mol. The molecule has 0 radical (unpaired) electrons. The molecule has 2 rings (SSSR count). The van der Waals surface area contributed by atoms with Crippen LogP contribution >= 0.6 is 23.2 Å². The van der Waals surface area contributed by atoms with Crippen LogP contribution in [0.3, 0.4) is 0 Å². The number of rotatable bonds is 5. The average molecular weight is 310 g/mol. The van der Waals surface area contributed by atoms with E-state index in [4.69, 9.17) is 27.9 Å². The molecule has 2 nitrogen and oxygen atoms in total. The van der Waals surface area contributed by atoms with Crippen LogP contribution in [0.1, 0.15) is 24.9 Å². The van der Waals surface area contributed by atoms with E-state index in [-0.39, 0.29) is 6.04 Å². The molecule has 0 fully saturated rings. The molecule has 2 aromatic carbocycles. The Bertz CT molecular complexity index is 582. The van der Waals surface area contributed by atoms with E-state index in [0.29, 0.717) is 15.8 Å². The Balaban J connectivity index is 2.36. The number of ether oxygens (including phenoxy) is 1. The summed E-state index contributed by atoms with van der Waals surface area (Å²) in [6.45, 7) is 2.13. The summed E-state index contributed by atoms with van der Waals surface area (Å²) in [5, 5.41) is 4.20. The fourth-order valence-corrected chi connectivity index (χ4v) is 2.45. The molecule has 0 aliphatic rings. The van der Waals surface area contributed by atoms with Gasteiger partial charge in [0.25, 0.3) is 0 Å². The standard InChI is InChI=1S/C16H17Cl2NO/c1-3-13(19-2)11-7-4-5-9-14(11)20-15-10-6-8-12(17)16(15)18/h4-10,13,19H,3H2,1-2H3. The first kappa shape index (κ1) is 15.2. The van der Waals surface area contributed by atoms with E-state index in [2.05, 4.69) is 18.3 Å². The Morgan fingerprint density at radius 2 is 1.75 bits per heavy atom. The molecule has 4 heteroatoms. The molecule has 0 saturated heterocycles. The summed E-state index contributed by atoms with van der Waals surface area (Å²) >= 11 is 12.2. The molecule has 0 aliphatic carbocycles. The minimum absolute atomic E-state index is 0.240. The molecule has 0 aromatic heterocycles. The molecular weight excluding hydrogens is 293 g/mol. The third-order valence-corrected chi connectivity index (χ3v) is 3.99. The number of hydrogen-bond donors (Lipinski definition) is 1. The van der Waals surface area contributed by atoms with Crippen molar-refractivity contribution in [1.82, 2.24) is 5.32 Å². The molecule has 0 heterocycles. The lowest BCUT2D eigenvalue weighted by Crippen LogP contribution is -2.15. The van der Waals surface area contributed by atoms with Gasteiger partial charge < -0.3 is 10.1 Å². The highest BCUT2D eigenvalue weighted by Gasteiger charge is 2.14. The highest BCUT2D eigenvalue weighted by Crippen LogP contribution is 2.37. The van der Waals surface area contributed by atoms with Gasteiger partial charge in [-0.3, -0.25) is 0 Å². The van der Waals surface area contributed by atoms with Gasteiger partial charge in [-0.2, -0.15) is 0 Å². The van der Waals surface area contributed by atoms with Crippen molar-refractivity contribution in [2.24, 2.45) is 0 Å². The van der Waals surface area contributed by atoms with Crippen molar-refractivity contribution in [3.8, 4) is 11.5 Å². The first-order valence-corrected chi connectivity index (χ1v) is 7.31. The van der Waals surface area contributed by atoms with Crippen LogP contribution < -0.4 is 10.1 Å². The van der Waals surface area contributed by atoms with Gasteiger partial charge in [0.2, 0.25) is 0 Å². The lowest BCUT2D eigenvalue weighted by Gasteiger charge is -2.19. The summed E-state index contributed by atoms with van der Waals surface area (Å²) in [5.74, 6) is 1.36. The second-order valence-corrected chi connectivity index (χ2v) is 5.23. The molecule has 1 atom stereocenters. The van der Waals surface area contributed by atoms with Crippen molar-refractivity contribution < 1.29 is 4.74 Å². The largest absolute Gasteiger partial charge is 0.455 e. The molecule has 106 valence electrons. The van der Waals surface area contributed by atoms with E-state index in [1.165, 1.54) is 0 Å². The maximum Gasteiger partial charge on any atom is 0.147 e. The zero-order chi connectivity index (χ0) is 14.5. The zero-order valence-electron chi connectivity index (χ0n) is 11.5. The van der Waals surface area contributed by atoms with Gasteiger partial charge in [0.15, 0.2) is 0 Å². The Hall–Kier alpha value is -1.22. The summed E-state index contributed by atoms with van der Waals surface area (Å²) in [6, 6.07) is 13.5. The highest BCUT2D eigenvalue weighted by molar-refractivity contribution is 6.42. The van der Waals surface area contributed by atoms with Crippen LogP contribution in [0.25, 0.3) is 0 Å². The van der Waals surface area contributed by atoms with Crippen LogP contribution in [0, 0.1) is 0 Å². The lowest BCUT2D eigenvalue weighted by molar-refractivity contribution is 0.459. The maximum absolute atomic E-state index is 6.17. The van der Waals surface area contributed by atoms with Crippen LogP contribution in [-0.2, 0) is 0 Å². The third-order valence-electron chi connectivity index (χ3n) is 3.19. The molecule has 1 N–H and O–H groups in total.